The summed E-state index contributed by atoms with van der Waals surface area (Å²) < 4.78 is 27.0. The minimum atomic E-state index is -3.52. The number of sulfonamides is 1. The van der Waals surface area contributed by atoms with Crippen molar-refractivity contribution in [1.29, 1.82) is 0 Å². The Morgan fingerprint density at radius 3 is 1.89 bits per heavy atom. The van der Waals surface area contributed by atoms with Crippen molar-refractivity contribution in [2.75, 3.05) is 6.54 Å². The molecule has 108 valence electrons. The number of rotatable bonds is 4. The first-order valence-corrected chi connectivity index (χ1v) is 7.81. The van der Waals surface area contributed by atoms with Crippen LogP contribution in [0, 0.1) is 0 Å². The van der Waals surface area contributed by atoms with Gasteiger partial charge in [0.15, 0.2) is 0 Å². The zero-order valence-electron chi connectivity index (χ0n) is 12.3. The molecule has 5 heteroatoms. The fourth-order valence-corrected chi connectivity index (χ4v) is 3.02. The van der Waals surface area contributed by atoms with E-state index < -0.39 is 15.6 Å². The highest BCUT2D eigenvalue weighted by Crippen LogP contribution is 2.23. The van der Waals surface area contributed by atoms with Crippen LogP contribution < -0.4 is 10.5 Å². The van der Waals surface area contributed by atoms with Gasteiger partial charge in [0.25, 0.3) is 0 Å². The van der Waals surface area contributed by atoms with Crippen LogP contribution in [0.5, 0.6) is 0 Å². The van der Waals surface area contributed by atoms with Gasteiger partial charge in [-0.15, -0.1) is 0 Å². The summed E-state index contributed by atoms with van der Waals surface area (Å²) >= 11 is 0. The number of hydrogen-bond donors (Lipinski definition) is 2. The van der Waals surface area contributed by atoms with E-state index in [0.29, 0.717) is 0 Å². The lowest BCUT2D eigenvalue weighted by atomic mass is 9.87. The molecule has 0 unspecified atom stereocenters. The maximum absolute atomic E-state index is 12.2. The maximum atomic E-state index is 12.2. The molecule has 19 heavy (non-hydrogen) atoms. The quantitative estimate of drug-likeness (QED) is 0.888. The summed E-state index contributed by atoms with van der Waals surface area (Å²) in [6.07, 6.45) is 0. The van der Waals surface area contributed by atoms with Crippen molar-refractivity contribution in [3.63, 3.8) is 0 Å². The van der Waals surface area contributed by atoms with Crippen molar-refractivity contribution in [2.24, 2.45) is 5.73 Å². The highest BCUT2D eigenvalue weighted by Gasteiger charge is 2.25. The molecule has 0 atom stereocenters. The lowest BCUT2D eigenvalue weighted by molar-refractivity contribution is 0.462. The topological polar surface area (TPSA) is 72.2 Å². The van der Waals surface area contributed by atoms with E-state index in [1.54, 1.807) is 26.0 Å². The number of nitrogens with two attached hydrogens (primary N) is 1. The molecule has 3 N–H and O–H groups in total. The Hall–Kier alpha value is -0.910. The van der Waals surface area contributed by atoms with E-state index in [1.807, 2.05) is 12.1 Å². The second-order valence-corrected chi connectivity index (χ2v) is 8.15. The van der Waals surface area contributed by atoms with Crippen LogP contribution in [0.4, 0.5) is 0 Å². The third kappa shape index (κ3) is 4.30. The zero-order chi connectivity index (χ0) is 14.9. The Morgan fingerprint density at radius 2 is 1.53 bits per heavy atom. The molecule has 0 aliphatic heterocycles. The summed E-state index contributed by atoms with van der Waals surface area (Å²) in [7, 11) is -3.52. The first-order chi connectivity index (χ1) is 8.48. The van der Waals surface area contributed by atoms with E-state index in [-0.39, 0.29) is 16.9 Å². The Labute approximate surface area is 116 Å². The van der Waals surface area contributed by atoms with Crippen LogP contribution in [-0.2, 0) is 15.4 Å². The minimum Gasteiger partial charge on any atom is -0.329 e. The summed E-state index contributed by atoms with van der Waals surface area (Å²) in [5.74, 6) is 0. The van der Waals surface area contributed by atoms with E-state index in [9.17, 15) is 8.42 Å². The normalized spacial score (nSPS) is 13.6. The Balaban J connectivity index is 3.04. The molecule has 0 amide bonds. The standard InChI is InChI=1S/C14H24N2O2S/c1-13(2,3)11-6-8-12(9-7-11)19(17,18)16-14(4,5)10-15/h6-9,16H,10,15H2,1-5H3. The molecule has 0 aromatic heterocycles. The van der Waals surface area contributed by atoms with Gasteiger partial charge in [0.05, 0.1) is 4.90 Å². The molecule has 0 aliphatic carbocycles. The molecular formula is C14H24N2O2S. The highest BCUT2D eigenvalue weighted by atomic mass is 32.2. The molecule has 0 aliphatic rings. The molecule has 0 bridgehead atoms. The van der Waals surface area contributed by atoms with Crippen LogP contribution in [0.1, 0.15) is 40.2 Å². The Kier molecular flexibility index (Phi) is 4.44. The third-order valence-electron chi connectivity index (χ3n) is 2.95. The molecule has 0 saturated heterocycles. The fraction of sp³-hybridized carbons (Fsp3) is 0.571. The van der Waals surface area contributed by atoms with Gasteiger partial charge in [0.2, 0.25) is 10.0 Å². The van der Waals surface area contributed by atoms with Crippen LogP contribution in [0.25, 0.3) is 0 Å². The van der Waals surface area contributed by atoms with E-state index in [4.69, 9.17) is 5.73 Å². The summed E-state index contributed by atoms with van der Waals surface area (Å²) in [5, 5.41) is 0. The summed E-state index contributed by atoms with van der Waals surface area (Å²) in [6.45, 7) is 10.0. The number of nitrogens with one attached hydrogen (secondary N) is 1. The smallest absolute Gasteiger partial charge is 0.241 e. The predicted molar refractivity (Wildman–Crippen MR) is 78.6 cm³/mol. The van der Waals surface area contributed by atoms with Gasteiger partial charge in [-0.05, 0) is 37.0 Å². The second-order valence-electron chi connectivity index (χ2n) is 6.47. The SMILES string of the molecule is CC(C)(CN)NS(=O)(=O)c1ccc(C(C)(C)C)cc1. The monoisotopic (exact) mass is 284 g/mol. The molecular weight excluding hydrogens is 260 g/mol. The van der Waals surface area contributed by atoms with Crippen molar-refractivity contribution in [3.8, 4) is 0 Å². The molecule has 1 aromatic carbocycles. The minimum absolute atomic E-state index is 0.00620. The number of benzene rings is 1. The van der Waals surface area contributed by atoms with Gasteiger partial charge in [-0.25, -0.2) is 13.1 Å². The molecule has 0 fully saturated rings. The first kappa shape index (κ1) is 16.1. The van der Waals surface area contributed by atoms with Crippen LogP contribution in [0.15, 0.2) is 29.2 Å². The summed E-state index contributed by atoms with van der Waals surface area (Å²) in [5.41, 5.74) is 6.00. The molecule has 0 spiro atoms. The van der Waals surface area contributed by atoms with Gasteiger partial charge in [-0.2, -0.15) is 0 Å². The summed E-state index contributed by atoms with van der Waals surface area (Å²) in [6, 6.07) is 6.97. The van der Waals surface area contributed by atoms with Crippen molar-refractivity contribution in [2.45, 2.75) is 50.5 Å². The fourth-order valence-electron chi connectivity index (χ4n) is 1.60. The molecule has 1 rings (SSSR count). The van der Waals surface area contributed by atoms with Gasteiger partial charge >= 0.3 is 0 Å². The van der Waals surface area contributed by atoms with Gasteiger partial charge in [-0.3, -0.25) is 0 Å². The average Bonchev–Trinajstić information content (AvgIpc) is 2.27. The van der Waals surface area contributed by atoms with E-state index in [2.05, 4.69) is 25.5 Å². The van der Waals surface area contributed by atoms with Crippen molar-refractivity contribution >= 4 is 10.0 Å². The van der Waals surface area contributed by atoms with Gasteiger partial charge in [0.1, 0.15) is 0 Å². The van der Waals surface area contributed by atoms with Crippen molar-refractivity contribution < 1.29 is 8.42 Å². The maximum Gasteiger partial charge on any atom is 0.241 e. The molecule has 0 radical (unpaired) electrons. The van der Waals surface area contributed by atoms with E-state index >= 15 is 0 Å². The molecule has 0 saturated carbocycles. The van der Waals surface area contributed by atoms with Crippen LogP contribution in [0.2, 0.25) is 0 Å². The largest absolute Gasteiger partial charge is 0.329 e. The van der Waals surface area contributed by atoms with Gasteiger partial charge in [0, 0.05) is 12.1 Å². The number of hydrogen-bond acceptors (Lipinski definition) is 3. The lowest BCUT2D eigenvalue weighted by Crippen LogP contribution is -2.48. The Bertz CT molecular complexity index is 526. The van der Waals surface area contributed by atoms with Crippen molar-refractivity contribution in [3.05, 3.63) is 29.8 Å². The van der Waals surface area contributed by atoms with Gasteiger partial charge in [-0.1, -0.05) is 32.9 Å². The molecule has 1 aromatic rings. The molecule has 0 heterocycles. The van der Waals surface area contributed by atoms with E-state index in [1.165, 1.54) is 0 Å². The highest BCUT2D eigenvalue weighted by molar-refractivity contribution is 7.89. The Morgan fingerprint density at radius 1 is 1.05 bits per heavy atom. The average molecular weight is 284 g/mol. The predicted octanol–water partition coefficient (Wildman–Crippen LogP) is 2.00. The molecule has 4 nitrogen and oxygen atoms in total. The van der Waals surface area contributed by atoms with Gasteiger partial charge < -0.3 is 5.73 Å². The second kappa shape index (κ2) is 5.23. The van der Waals surface area contributed by atoms with Crippen LogP contribution in [-0.4, -0.2) is 20.5 Å². The van der Waals surface area contributed by atoms with Crippen LogP contribution >= 0.6 is 0 Å². The first-order valence-electron chi connectivity index (χ1n) is 6.32. The summed E-state index contributed by atoms with van der Waals surface area (Å²) in [4.78, 5) is 0.266. The third-order valence-corrected chi connectivity index (χ3v) is 4.67. The lowest BCUT2D eigenvalue weighted by Gasteiger charge is -2.24. The zero-order valence-corrected chi connectivity index (χ0v) is 13.1. The van der Waals surface area contributed by atoms with Crippen LogP contribution in [0.3, 0.4) is 0 Å². The van der Waals surface area contributed by atoms with Crippen molar-refractivity contribution in [1.82, 2.24) is 4.72 Å². The van der Waals surface area contributed by atoms with E-state index in [0.717, 1.165) is 5.56 Å².